The predicted molar refractivity (Wildman–Crippen MR) is 58.0 cm³/mol. The van der Waals surface area contributed by atoms with Gasteiger partial charge in [-0.3, -0.25) is 0 Å². The molecule has 78 valence electrons. The van der Waals surface area contributed by atoms with Crippen LogP contribution >= 0.6 is 0 Å². The summed E-state index contributed by atoms with van der Waals surface area (Å²) >= 11 is 0. The van der Waals surface area contributed by atoms with Crippen molar-refractivity contribution in [1.82, 2.24) is 4.98 Å². The molecule has 1 rings (SSSR count). The van der Waals surface area contributed by atoms with Crippen LogP contribution in [0.4, 0.5) is 11.5 Å². The van der Waals surface area contributed by atoms with E-state index in [4.69, 9.17) is 5.73 Å². The van der Waals surface area contributed by atoms with E-state index in [1.54, 1.807) is 19.2 Å². The van der Waals surface area contributed by atoms with E-state index in [0.29, 0.717) is 5.82 Å². The first-order valence-electron chi connectivity index (χ1n) is 4.59. The minimum Gasteiger partial charge on any atom is -0.391 e. The van der Waals surface area contributed by atoms with Crippen LogP contribution in [0.5, 0.6) is 0 Å². The second kappa shape index (κ2) is 3.84. The number of nitrogens with zero attached hydrogens (tertiary/aromatic N) is 1. The van der Waals surface area contributed by atoms with Crippen molar-refractivity contribution in [1.29, 1.82) is 0 Å². The fourth-order valence-corrected chi connectivity index (χ4v) is 1.00. The minimum absolute atomic E-state index is 0.381. The molecule has 0 bridgehead atoms. The molecule has 0 aliphatic rings. The lowest BCUT2D eigenvalue weighted by atomic mass is 9.98. The van der Waals surface area contributed by atoms with Crippen molar-refractivity contribution >= 4 is 11.5 Å². The zero-order chi connectivity index (χ0) is 10.8. The van der Waals surface area contributed by atoms with Crippen molar-refractivity contribution in [3.8, 4) is 0 Å². The molecule has 0 saturated heterocycles. The number of anilines is 2. The van der Waals surface area contributed by atoms with Gasteiger partial charge < -0.3 is 16.2 Å². The molecule has 1 atom stereocenters. The first-order chi connectivity index (χ1) is 6.42. The van der Waals surface area contributed by atoms with Gasteiger partial charge in [-0.25, -0.2) is 4.98 Å². The largest absolute Gasteiger partial charge is 0.391 e. The Morgan fingerprint density at radius 1 is 1.57 bits per heavy atom. The number of nitrogens with two attached hydrogens (primary N) is 1. The summed E-state index contributed by atoms with van der Waals surface area (Å²) in [4.78, 5) is 3.89. The first kappa shape index (κ1) is 10.8. The minimum atomic E-state index is -0.447. The van der Waals surface area contributed by atoms with E-state index in [1.165, 1.54) is 0 Å². The molecule has 4 heteroatoms. The third kappa shape index (κ3) is 2.60. The average Bonchev–Trinajstić information content (AvgIpc) is 2.02. The maximum absolute atomic E-state index is 9.50. The highest BCUT2D eigenvalue weighted by atomic mass is 16.3. The fraction of sp³-hybridized carbons (Fsp3) is 0.500. The van der Waals surface area contributed by atoms with Gasteiger partial charge in [0.05, 0.1) is 11.6 Å². The van der Waals surface area contributed by atoms with Gasteiger partial charge in [-0.1, -0.05) is 0 Å². The predicted octanol–water partition coefficient (Wildman–Crippen LogP) is 1.24. The highest BCUT2D eigenvalue weighted by molar-refractivity contribution is 5.51. The van der Waals surface area contributed by atoms with Crippen LogP contribution < -0.4 is 11.1 Å². The van der Waals surface area contributed by atoms with Gasteiger partial charge in [0.15, 0.2) is 0 Å². The zero-order valence-corrected chi connectivity index (χ0v) is 8.78. The van der Waals surface area contributed by atoms with Crippen LogP contribution in [0.1, 0.15) is 20.8 Å². The summed E-state index contributed by atoms with van der Waals surface area (Å²) in [6.45, 7) is 5.60. The first-order valence-corrected chi connectivity index (χ1v) is 4.59. The monoisotopic (exact) mass is 195 g/mol. The number of nitrogen functional groups attached to an aromatic ring is 1. The number of aliphatic hydroxyl groups excluding tert-OH is 1. The number of rotatable bonds is 3. The SMILES string of the molecule is CC(O)C(C)(C)Nc1ccnc(N)c1. The van der Waals surface area contributed by atoms with Crippen molar-refractivity contribution in [3.63, 3.8) is 0 Å². The van der Waals surface area contributed by atoms with Gasteiger partial charge in [0.1, 0.15) is 5.82 Å². The van der Waals surface area contributed by atoms with E-state index in [9.17, 15) is 5.11 Å². The van der Waals surface area contributed by atoms with E-state index in [2.05, 4.69) is 10.3 Å². The Labute approximate surface area is 84.2 Å². The van der Waals surface area contributed by atoms with Crippen LogP contribution in [-0.4, -0.2) is 21.7 Å². The maximum atomic E-state index is 9.50. The summed E-state index contributed by atoms with van der Waals surface area (Å²) in [5, 5.41) is 12.7. The molecule has 4 nitrogen and oxygen atoms in total. The third-order valence-corrected chi connectivity index (χ3v) is 2.29. The van der Waals surface area contributed by atoms with Gasteiger partial charge in [0.2, 0.25) is 0 Å². The summed E-state index contributed by atoms with van der Waals surface area (Å²) < 4.78 is 0. The van der Waals surface area contributed by atoms with E-state index in [1.807, 2.05) is 19.9 Å². The molecular formula is C10H17N3O. The molecule has 0 saturated carbocycles. The van der Waals surface area contributed by atoms with Crippen LogP contribution in [0.2, 0.25) is 0 Å². The van der Waals surface area contributed by atoms with Gasteiger partial charge in [0, 0.05) is 18.0 Å². The smallest absolute Gasteiger partial charge is 0.125 e. The Balaban J connectivity index is 2.78. The molecule has 0 spiro atoms. The lowest BCUT2D eigenvalue weighted by molar-refractivity contribution is 0.133. The molecule has 1 aromatic rings. The molecule has 0 aromatic carbocycles. The zero-order valence-electron chi connectivity index (χ0n) is 8.78. The molecule has 1 unspecified atom stereocenters. The highest BCUT2D eigenvalue weighted by Gasteiger charge is 2.23. The summed E-state index contributed by atoms with van der Waals surface area (Å²) in [5.74, 6) is 0.469. The van der Waals surface area contributed by atoms with Crippen molar-refractivity contribution in [2.24, 2.45) is 0 Å². The van der Waals surface area contributed by atoms with Crippen molar-refractivity contribution in [3.05, 3.63) is 18.3 Å². The van der Waals surface area contributed by atoms with Crippen LogP contribution in [-0.2, 0) is 0 Å². The van der Waals surface area contributed by atoms with Gasteiger partial charge in [-0.2, -0.15) is 0 Å². The second-order valence-corrected chi connectivity index (χ2v) is 3.99. The Morgan fingerprint density at radius 2 is 2.21 bits per heavy atom. The van der Waals surface area contributed by atoms with Gasteiger partial charge >= 0.3 is 0 Å². The number of hydrogen-bond donors (Lipinski definition) is 3. The number of aromatic nitrogens is 1. The fourth-order valence-electron chi connectivity index (χ4n) is 1.00. The van der Waals surface area contributed by atoms with Gasteiger partial charge in [-0.05, 0) is 26.8 Å². The topological polar surface area (TPSA) is 71.2 Å². The molecule has 14 heavy (non-hydrogen) atoms. The van der Waals surface area contributed by atoms with Crippen molar-refractivity contribution in [2.75, 3.05) is 11.1 Å². The summed E-state index contributed by atoms with van der Waals surface area (Å²) in [6, 6.07) is 3.56. The molecule has 4 N–H and O–H groups in total. The standard InChI is InChI=1S/C10H17N3O/c1-7(14)10(2,3)13-8-4-5-12-9(11)6-8/h4-7,14H,1-3H3,(H3,11,12,13). The average molecular weight is 195 g/mol. The van der Waals surface area contributed by atoms with E-state index in [0.717, 1.165) is 5.69 Å². The highest BCUT2D eigenvalue weighted by Crippen LogP contribution is 2.18. The number of pyridine rings is 1. The Kier molecular flexibility index (Phi) is 2.96. The lowest BCUT2D eigenvalue weighted by Crippen LogP contribution is -2.41. The van der Waals surface area contributed by atoms with E-state index < -0.39 is 6.10 Å². The lowest BCUT2D eigenvalue weighted by Gasteiger charge is -2.30. The Bertz CT molecular complexity index is 310. The van der Waals surface area contributed by atoms with Gasteiger partial charge in [-0.15, -0.1) is 0 Å². The molecule has 0 radical (unpaired) electrons. The summed E-state index contributed by atoms with van der Waals surface area (Å²) in [7, 11) is 0. The maximum Gasteiger partial charge on any atom is 0.125 e. The van der Waals surface area contributed by atoms with Crippen molar-refractivity contribution in [2.45, 2.75) is 32.4 Å². The molecule has 0 aliphatic heterocycles. The molecule has 1 heterocycles. The molecule has 0 fully saturated rings. The van der Waals surface area contributed by atoms with Gasteiger partial charge in [0.25, 0.3) is 0 Å². The molecule has 0 aliphatic carbocycles. The molecule has 1 aromatic heterocycles. The number of hydrogen-bond acceptors (Lipinski definition) is 4. The Morgan fingerprint density at radius 3 is 2.71 bits per heavy atom. The normalized spacial score (nSPS) is 13.7. The Hall–Kier alpha value is -1.29. The van der Waals surface area contributed by atoms with E-state index in [-0.39, 0.29) is 5.54 Å². The summed E-state index contributed by atoms with van der Waals surface area (Å²) in [6.07, 6.45) is 1.19. The van der Waals surface area contributed by atoms with Crippen LogP contribution in [0, 0.1) is 0 Å². The summed E-state index contributed by atoms with van der Waals surface area (Å²) in [5.41, 5.74) is 6.02. The van der Waals surface area contributed by atoms with E-state index >= 15 is 0 Å². The molecule has 0 amide bonds. The number of aliphatic hydroxyl groups is 1. The van der Waals surface area contributed by atoms with Crippen LogP contribution in [0.15, 0.2) is 18.3 Å². The third-order valence-electron chi connectivity index (χ3n) is 2.29. The van der Waals surface area contributed by atoms with Crippen molar-refractivity contribution < 1.29 is 5.11 Å². The second-order valence-electron chi connectivity index (χ2n) is 3.99. The quantitative estimate of drug-likeness (QED) is 0.678. The molecular weight excluding hydrogens is 178 g/mol. The van der Waals surface area contributed by atoms with Crippen LogP contribution in [0.25, 0.3) is 0 Å². The van der Waals surface area contributed by atoms with Crippen LogP contribution in [0.3, 0.4) is 0 Å². The number of nitrogens with one attached hydrogen (secondary N) is 1.